The third-order valence-corrected chi connectivity index (χ3v) is 6.43. The molecule has 4 aromatic rings. The molecular weight excluding hydrogens is 449 g/mol. The highest BCUT2D eigenvalue weighted by atomic mass is 19.1. The molecule has 0 saturated carbocycles. The molecule has 0 bridgehead atoms. The molecular formula is C25H26FN7O2. The van der Waals surface area contributed by atoms with Gasteiger partial charge in [0.15, 0.2) is 5.69 Å². The molecule has 3 heterocycles. The van der Waals surface area contributed by atoms with Crippen molar-refractivity contribution in [1.82, 2.24) is 34.9 Å². The zero-order valence-corrected chi connectivity index (χ0v) is 19.8. The fourth-order valence-electron chi connectivity index (χ4n) is 4.20. The van der Waals surface area contributed by atoms with Gasteiger partial charge in [0.05, 0.1) is 17.4 Å². The van der Waals surface area contributed by atoms with Gasteiger partial charge in [-0.2, -0.15) is 4.98 Å². The minimum atomic E-state index is -0.332. The van der Waals surface area contributed by atoms with E-state index in [1.807, 2.05) is 38.1 Å². The Morgan fingerprint density at radius 3 is 2.37 bits per heavy atom. The minimum Gasteiger partial charge on any atom is -0.337 e. The molecule has 10 heteroatoms. The predicted octanol–water partition coefficient (Wildman–Crippen LogP) is 3.59. The zero-order valence-electron chi connectivity index (χ0n) is 19.8. The molecule has 0 spiro atoms. The Morgan fingerprint density at radius 2 is 1.69 bits per heavy atom. The number of aryl methyl sites for hydroxylation is 1. The molecule has 1 amide bonds. The van der Waals surface area contributed by atoms with Gasteiger partial charge >= 0.3 is 0 Å². The van der Waals surface area contributed by atoms with E-state index in [0.29, 0.717) is 55.0 Å². The van der Waals surface area contributed by atoms with E-state index in [0.717, 1.165) is 5.56 Å². The van der Waals surface area contributed by atoms with E-state index in [1.165, 1.54) is 17.7 Å². The second kappa shape index (κ2) is 9.38. The Kier molecular flexibility index (Phi) is 6.12. The molecule has 0 aliphatic carbocycles. The maximum Gasteiger partial charge on any atom is 0.276 e. The van der Waals surface area contributed by atoms with Crippen LogP contribution >= 0.6 is 0 Å². The van der Waals surface area contributed by atoms with E-state index in [1.54, 1.807) is 28.6 Å². The van der Waals surface area contributed by atoms with Crippen molar-refractivity contribution in [3.63, 3.8) is 0 Å². The summed E-state index contributed by atoms with van der Waals surface area (Å²) in [6, 6.07) is 13.8. The minimum absolute atomic E-state index is 0.0694. The van der Waals surface area contributed by atoms with Gasteiger partial charge in [0.2, 0.25) is 11.7 Å². The number of nitrogens with zero attached hydrogens (tertiary/aromatic N) is 7. The third kappa shape index (κ3) is 4.57. The molecule has 1 unspecified atom stereocenters. The Labute approximate surface area is 202 Å². The highest BCUT2D eigenvalue weighted by Gasteiger charge is 2.30. The van der Waals surface area contributed by atoms with Crippen LogP contribution in [0.3, 0.4) is 0 Å². The number of aromatic nitrogens is 5. The van der Waals surface area contributed by atoms with E-state index in [4.69, 9.17) is 4.52 Å². The van der Waals surface area contributed by atoms with Crippen LogP contribution in [-0.4, -0.2) is 67.0 Å². The van der Waals surface area contributed by atoms with E-state index in [9.17, 15) is 9.18 Å². The predicted molar refractivity (Wildman–Crippen MR) is 126 cm³/mol. The van der Waals surface area contributed by atoms with Crippen LogP contribution in [0.1, 0.15) is 40.6 Å². The first-order chi connectivity index (χ1) is 16.9. The fraction of sp³-hybridized carbons (Fsp3) is 0.320. The Morgan fingerprint density at radius 1 is 1.00 bits per heavy atom. The lowest BCUT2D eigenvalue weighted by Gasteiger charge is -2.36. The van der Waals surface area contributed by atoms with E-state index >= 15 is 0 Å². The van der Waals surface area contributed by atoms with Gasteiger partial charge in [-0.1, -0.05) is 40.2 Å². The number of hydrogen-bond donors (Lipinski definition) is 0. The topological polar surface area (TPSA) is 93.2 Å². The third-order valence-electron chi connectivity index (χ3n) is 6.43. The quantitative estimate of drug-likeness (QED) is 0.435. The number of benzene rings is 2. The number of carbonyl (C=O) groups is 1. The van der Waals surface area contributed by atoms with Crippen molar-refractivity contribution in [2.75, 3.05) is 26.2 Å². The smallest absolute Gasteiger partial charge is 0.276 e. The monoisotopic (exact) mass is 475 g/mol. The second-order valence-corrected chi connectivity index (χ2v) is 8.74. The van der Waals surface area contributed by atoms with Gasteiger partial charge in [-0.25, -0.2) is 9.07 Å². The van der Waals surface area contributed by atoms with Gasteiger partial charge in [-0.3, -0.25) is 9.69 Å². The summed E-state index contributed by atoms with van der Waals surface area (Å²) in [7, 11) is 0. The average Bonchev–Trinajstić information content (AvgIpc) is 3.52. The van der Waals surface area contributed by atoms with Crippen LogP contribution in [0.25, 0.3) is 17.1 Å². The van der Waals surface area contributed by atoms with Crippen LogP contribution in [0.2, 0.25) is 0 Å². The summed E-state index contributed by atoms with van der Waals surface area (Å²) in [4.78, 5) is 21.7. The van der Waals surface area contributed by atoms with Gasteiger partial charge in [-0.05, 0) is 45.0 Å². The van der Waals surface area contributed by atoms with E-state index in [-0.39, 0.29) is 17.8 Å². The normalized spacial score (nSPS) is 15.4. The zero-order chi connectivity index (χ0) is 24.5. The van der Waals surface area contributed by atoms with Crippen molar-refractivity contribution in [3.8, 4) is 17.1 Å². The average molecular weight is 476 g/mol. The second-order valence-electron chi connectivity index (χ2n) is 8.74. The van der Waals surface area contributed by atoms with E-state index in [2.05, 4.69) is 25.4 Å². The maximum atomic E-state index is 13.2. The van der Waals surface area contributed by atoms with Crippen LogP contribution in [0.4, 0.5) is 4.39 Å². The lowest BCUT2D eigenvalue weighted by atomic mass is 10.1. The largest absolute Gasteiger partial charge is 0.337 e. The molecule has 180 valence electrons. The van der Waals surface area contributed by atoms with Gasteiger partial charge in [0, 0.05) is 31.7 Å². The van der Waals surface area contributed by atoms with Crippen LogP contribution < -0.4 is 0 Å². The summed E-state index contributed by atoms with van der Waals surface area (Å²) in [5.41, 5.74) is 3.66. The number of hydrogen-bond acceptors (Lipinski definition) is 7. The maximum absolute atomic E-state index is 13.2. The highest BCUT2D eigenvalue weighted by molar-refractivity contribution is 5.93. The lowest BCUT2D eigenvalue weighted by Crippen LogP contribution is -2.49. The summed E-state index contributed by atoms with van der Waals surface area (Å²) in [6.07, 6.45) is 0. The Balaban J connectivity index is 1.22. The molecule has 9 nitrogen and oxygen atoms in total. The summed E-state index contributed by atoms with van der Waals surface area (Å²) in [5, 5.41) is 12.4. The van der Waals surface area contributed by atoms with Gasteiger partial charge in [-0.15, -0.1) is 5.10 Å². The number of carbonyl (C=O) groups excluding carboxylic acids is 1. The standard InChI is InChI=1S/C25H26FN7O2/c1-16-4-6-19(7-5-16)23-27-24(35-29-23)18(3)31-12-14-32(15-13-31)25(34)22-17(2)33(30-28-22)21-10-8-20(26)9-11-21/h4-11,18H,12-15H2,1-3H3. The van der Waals surface area contributed by atoms with Gasteiger partial charge < -0.3 is 9.42 Å². The van der Waals surface area contributed by atoms with Crippen molar-refractivity contribution < 1.29 is 13.7 Å². The van der Waals surface area contributed by atoms with Crippen LogP contribution in [0.5, 0.6) is 0 Å². The molecule has 2 aromatic carbocycles. The molecule has 1 fully saturated rings. The molecule has 1 saturated heterocycles. The van der Waals surface area contributed by atoms with Crippen LogP contribution in [0.15, 0.2) is 53.1 Å². The van der Waals surface area contributed by atoms with Crippen molar-refractivity contribution in [1.29, 1.82) is 0 Å². The SMILES string of the molecule is Cc1ccc(-c2noc(C(C)N3CCN(C(=O)c4nnn(-c5ccc(F)cc5)c4C)CC3)n2)cc1. The summed E-state index contributed by atoms with van der Waals surface area (Å²) in [5.74, 6) is 0.628. The summed E-state index contributed by atoms with van der Waals surface area (Å²) < 4.78 is 20.3. The highest BCUT2D eigenvalue weighted by Crippen LogP contribution is 2.24. The molecule has 1 aliphatic rings. The molecule has 2 aromatic heterocycles. The number of piperazine rings is 1. The number of amides is 1. The van der Waals surface area contributed by atoms with E-state index < -0.39 is 0 Å². The first-order valence-corrected chi connectivity index (χ1v) is 11.5. The molecule has 0 N–H and O–H groups in total. The lowest BCUT2D eigenvalue weighted by molar-refractivity contribution is 0.0545. The fourth-order valence-corrected chi connectivity index (χ4v) is 4.20. The first kappa shape index (κ1) is 22.9. The summed E-state index contributed by atoms with van der Waals surface area (Å²) >= 11 is 0. The number of rotatable bonds is 5. The molecule has 5 rings (SSSR count). The molecule has 1 aliphatic heterocycles. The van der Waals surface area contributed by atoms with Crippen molar-refractivity contribution >= 4 is 5.91 Å². The van der Waals surface area contributed by atoms with Crippen molar-refractivity contribution in [3.05, 3.63) is 77.2 Å². The molecule has 35 heavy (non-hydrogen) atoms. The van der Waals surface area contributed by atoms with Crippen LogP contribution in [0, 0.1) is 19.7 Å². The number of halogens is 1. The van der Waals surface area contributed by atoms with Gasteiger partial charge in [0.25, 0.3) is 5.91 Å². The summed E-state index contributed by atoms with van der Waals surface area (Å²) in [6.45, 7) is 8.28. The Bertz CT molecular complexity index is 1320. The first-order valence-electron chi connectivity index (χ1n) is 11.5. The molecule has 1 atom stereocenters. The van der Waals surface area contributed by atoms with Gasteiger partial charge in [0.1, 0.15) is 5.82 Å². The van der Waals surface area contributed by atoms with Crippen molar-refractivity contribution in [2.45, 2.75) is 26.8 Å². The molecule has 0 radical (unpaired) electrons. The van der Waals surface area contributed by atoms with Crippen molar-refractivity contribution in [2.24, 2.45) is 0 Å². The Hall–Kier alpha value is -3.92. The van der Waals surface area contributed by atoms with Crippen LogP contribution in [-0.2, 0) is 0 Å².